The number of hydrogen-bond donors (Lipinski definition) is 2. The highest BCUT2D eigenvalue weighted by Crippen LogP contribution is 2.31. The number of pyridine rings is 1. The predicted molar refractivity (Wildman–Crippen MR) is 120 cm³/mol. The summed E-state index contributed by atoms with van der Waals surface area (Å²) in [5.41, 5.74) is 3.79. The largest absolute Gasteiger partial charge is 0.488 e. The van der Waals surface area contributed by atoms with Gasteiger partial charge in [-0.15, -0.1) is 0 Å². The van der Waals surface area contributed by atoms with Gasteiger partial charge < -0.3 is 10.0 Å². The molecule has 0 spiro atoms. The van der Waals surface area contributed by atoms with E-state index in [-0.39, 0.29) is 0 Å². The second-order valence-corrected chi connectivity index (χ2v) is 7.10. The first-order valence-electron chi connectivity index (χ1n) is 9.55. The number of rotatable bonds is 3. The minimum Gasteiger partial charge on any atom is -0.423 e. The van der Waals surface area contributed by atoms with Gasteiger partial charge in [-0.2, -0.15) is 0 Å². The fraction of sp³-hybridized carbons (Fsp3) is 0. The van der Waals surface area contributed by atoms with Gasteiger partial charge >= 0.3 is 7.12 Å². The Morgan fingerprint density at radius 2 is 1.00 bits per heavy atom. The van der Waals surface area contributed by atoms with E-state index in [4.69, 9.17) is 4.98 Å². The summed E-state index contributed by atoms with van der Waals surface area (Å²) in [6.07, 6.45) is 0. The number of nitrogens with zero attached hydrogens (tertiary/aromatic N) is 1. The van der Waals surface area contributed by atoms with Crippen LogP contribution >= 0.6 is 0 Å². The maximum atomic E-state index is 9.92. The van der Waals surface area contributed by atoms with Crippen LogP contribution in [0.2, 0.25) is 0 Å². The van der Waals surface area contributed by atoms with E-state index in [9.17, 15) is 10.0 Å². The average molecular weight is 375 g/mol. The topological polar surface area (TPSA) is 53.4 Å². The van der Waals surface area contributed by atoms with Crippen LogP contribution < -0.4 is 5.46 Å². The minimum atomic E-state index is -1.57. The molecule has 0 radical (unpaired) electrons. The van der Waals surface area contributed by atoms with Gasteiger partial charge in [0, 0.05) is 11.1 Å². The molecule has 1 heterocycles. The molecule has 0 aliphatic rings. The Hall–Kier alpha value is -3.47. The van der Waals surface area contributed by atoms with Crippen molar-refractivity contribution < 1.29 is 10.0 Å². The van der Waals surface area contributed by atoms with Gasteiger partial charge in [-0.3, -0.25) is 0 Å². The Morgan fingerprint density at radius 1 is 0.552 bits per heavy atom. The molecule has 138 valence electrons. The molecule has 4 heteroatoms. The maximum Gasteiger partial charge on any atom is 0.488 e. The van der Waals surface area contributed by atoms with Crippen LogP contribution in [-0.2, 0) is 0 Å². The van der Waals surface area contributed by atoms with Gasteiger partial charge in [0.1, 0.15) is 0 Å². The van der Waals surface area contributed by atoms with Crippen molar-refractivity contribution in [1.29, 1.82) is 0 Å². The van der Waals surface area contributed by atoms with Gasteiger partial charge in [-0.05, 0) is 39.1 Å². The van der Waals surface area contributed by atoms with Crippen molar-refractivity contribution in [3.05, 3.63) is 97.1 Å². The van der Waals surface area contributed by atoms with Crippen molar-refractivity contribution in [2.75, 3.05) is 0 Å². The van der Waals surface area contributed by atoms with Crippen LogP contribution in [-0.4, -0.2) is 22.2 Å². The molecule has 2 N–H and O–H groups in total. The molecule has 4 aromatic carbocycles. The van der Waals surface area contributed by atoms with E-state index in [1.165, 1.54) is 0 Å². The van der Waals surface area contributed by atoms with Crippen LogP contribution in [0.3, 0.4) is 0 Å². The van der Waals surface area contributed by atoms with Crippen molar-refractivity contribution in [2.24, 2.45) is 0 Å². The second kappa shape index (κ2) is 7.17. The highest BCUT2D eigenvalue weighted by Gasteiger charge is 2.17. The first-order chi connectivity index (χ1) is 14.2. The quantitative estimate of drug-likeness (QED) is 0.460. The highest BCUT2D eigenvalue weighted by molar-refractivity contribution is 6.58. The molecule has 0 aliphatic heterocycles. The van der Waals surface area contributed by atoms with E-state index < -0.39 is 7.12 Å². The monoisotopic (exact) mass is 375 g/mol. The van der Waals surface area contributed by atoms with E-state index >= 15 is 0 Å². The van der Waals surface area contributed by atoms with E-state index in [0.29, 0.717) is 5.46 Å². The van der Waals surface area contributed by atoms with Crippen LogP contribution in [0.15, 0.2) is 97.1 Å². The summed E-state index contributed by atoms with van der Waals surface area (Å²) in [6, 6.07) is 31.9. The third-order valence-corrected chi connectivity index (χ3v) is 5.28. The smallest absolute Gasteiger partial charge is 0.423 e. The molecule has 1 aromatic heterocycles. The van der Waals surface area contributed by atoms with Gasteiger partial charge in [0.25, 0.3) is 0 Å². The van der Waals surface area contributed by atoms with Crippen molar-refractivity contribution in [1.82, 2.24) is 4.98 Å². The molecule has 0 aliphatic carbocycles. The summed E-state index contributed by atoms with van der Waals surface area (Å²) < 4.78 is 0. The lowest BCUT2D eigenvalue weighted by Crippen LogP contribution is -2.30. The van der Waals surface area contributed by atoms with E-state index in [0.717, 1.165) is 44.1 Å². The number of fused-ring (bicyclic) bond motifs is 2. The third-order valence-electron chi connectivity index (χ3n) is 5.28. The molecular weight excluding hydrogens is 357 g/mol. The molecule has 0 atom stereocenters. The van der Waals surface area contributed by atoms with Crippen LogP contribution in [0, 0.1) is 0 Å². The van der Waals surface area contributed by atoms with Gasteiger partial charge in [-0.1, -0.05) is 84.9 Å². The lowest BCUT2D eigenvalue weighted by molar-refractivity contribution is 0.426. The second-order valence-electron chi connectivity index (χ2n) is 7.10. The summed E-state index contributed by atoms with van der Waals surface area (Å²) in [5, 5.41) is 24.2. The zero-order valence-corrected chi connectivity index (χ0v) is 15.7. The standard InChI is InChI=1S/C25H18BNO2/c28-26(29)19-15-24(22-13-5-9-17-7-1-3-11-20(17)22)27-25(16-19)23-14-6-10-18-8-2-4-12-21(18)23/h1-16,28-29H. The summed E-state index contributed by atoms with van der Waals surface area (Å²) in [4.78, 5) is 4.93. The van der Waals surface area contributed by atoms with Crippen molar-refractivity contribution in [3.8, 4) is 22.5 Å². The Bertz CT molecular complexity index is 1240. The van der Waals surface area contributed by atoms with Crippen molar-refractivity contribution in [2.45, 2.75) is 0 Å². The molecule has 29 heavy (non-hydrogen) atoms. The summed E-state index contributed by atoms with van der Waals surface area (Å²) in [6.45, 7) is 0. The van der Waals surface area contributed by atoms with E-state index in [1.54, 1.807) is 12.1 Å². The number of hydrogen-bond acceptors (Lipinski definition) is 3. The van der Waals surface area contributed by atoms with Gasteiger partial charge in [0.05, 0.1) is 11.4 Å². The maximum absolute atomic E-state index is 9.92. The van der Waals surface area contributed by atoms with E-state index in [1.807, 2.05) is 48.5 Å². The average Bonchev–Trinajstić information content (AvgIpc) is 2.78. The third kappa shape index (κ3) is 3.19. The predicted octanol–water partition coefficient (Wildman–Crippen LogP) is 4.40. The van der Waals surface area contributed by atoms with Crippen LogP contribution in [0.4, 0.5) is 0 Å². The van der Waals surface area contributed by atoms with Crippen LogP contribution in [0.5, 0.6) is 0 Å². The Labute approximate surface area is 169 Å². The fourth-order valence-corrected chi connectivity index (χ4v) is 3.87. The number of aromatic nitrogens is 1. The first kappa shape index (κ1) is 17.6. The van der Waals surface area contributed by atoms with Crippen LogP contribution in [0.25, 0.3) is 44.1 Å². The molecule has 3 nitrogen and oxygen atoms in total. The molecule has 0 bridgehead atoms. The van der Waals surface area contributed by atoms with E-state index in [2.05, 4.69) is 36.4 Å². The molecule has 5 aromatic rings. The molecule has 0 amide bonds. The molecular formula is C25H18BNO2. The zero-order chi connectivity index (χ0) is 19.8. The first-order valence-corrected chi connectivity index (χ1v) is 9.55. The Kier molecular flexibility index (Phi) is 4.36. The fourth-order valence-electron chi connectivity index (χ4n) is 3.87. The SMILES string of the molecule is OB(O)c1cc(-c2cccc3ccccc23)nc(-c2cccc3ccccc23)c1. The van der Waals surface area contributed by atoms with Crippen LogP contribution in [0.1, 0.15) is 0 Å². The molecule has 0 saturated heterocycles. The zero-order valence-electron chi connectivity index (χ0n) is 15.7. The minimum absolute atomic E-state index is 0.422. The van der Waals surface area contributed by atoms with Gasteiger partial charge in [0.2, 0.25) is 0 Å². The molecule has 0 fully saturated rings. The number of benzene rings is 4. The Balaban J connectivity index is 1.79. The van der Waals surface area contributed by atoms with Gasteiger partial charge in [0.15, 0.2) is 0 Å². The molecule has 5 rings (SSSR count). The van der Waals surface area contributed by atoms with Gasteiger partial charge in [-0.25, -0.2) is 4.98 Å². The molecule has 0 unspecified atom stereocenters. The van der Waals surface area contributed by atoms with Crippen molar-refractivity contribution >= 4 is 34.1 Å². The summed E-state index contributed by atoms with van der Waals surface area (Å²) in [5.74, 6) is 0. The van der Waals surface area contributed by atoms with Crippen molar-refractivity contribution in [3.63, 3.8) is 0 Å². The normalized spacial score (nSPS) is 11.1. The highest BCUT2D eigenvalue weighted by atomic mass is 16.4. The lowest BCUT2D eigenvalue weighted by Gasteiger charge is -2.13. The summed E-state index contributed by atoms with van der Waals surface area (Å²) in [7, 11) is -1.57. The lowest BCUT2D eigenvalue weighted by atomic mass is 9.79. The summed E-state index contributed by atoms with van der Waals surface area (Å²) >= 11 is 0. The molecule has 0 saturated carbocycles. The Morgan fingerprint density at radius 3 is 1.48 bits per heavy atom.